The van der Waals surface area contributed by atoms with Crippen molar-refractivity contribution >= 4 is 0 Å². The molecule has 1 heterocycles. The van der Waals surface area contributed by atoms with Crippen LogP contribution in [0.3, 0.4) is 0 Å². The van der Waals surface area contributed by atoms with Gasteiger partial charge in [0.05, 0.1) is 6.61 Å². The minimum Gasteiger partial charge on any atom is -0.380 e. The summed E-state index contributed by atoms with van der Waals surface area (Å²) in [5, 5.41) is 0. The van der Waals surface area contributed by atoms with Gasteiger partial charge >= 0.3 is 0 Å². The maximum Gasteiger partial charge on any atom is 0.0673 e. The van der Waals surface area contributed by atoms with Crippen molar-refractivity contribution in [1.29, 1.82) is 0 Å². The van der Waals surface area contributed by atoms with Crippen molar-refractivity contribution in [3.8, 4) is 0 Å². The Morgan fingerprint density at radius 2 is 2.21 bits per heavy atom. The van der Waals surface area contributed by atoms with E-state index in [1.54, 1.807) is 7.11 Å². The highest BCUT2D eigenvalue weighted by atomic mass is 16.5. The van der Waals surface area contributed by atoms with Crippen molar-refractivity contribution in [3.63, 3.8) is 0 Å². The molecule has 0 amide bonds. The second kappa shape index (κ2) is 10.4. The maximum atomic E-state index is 5.69. The minimum atomic E-state index is 0.808. The Labute approximate surface area is 119 Å². The van der Waals surface area contributed by atoms with Crippen LogP contribution in [-0.4, -0.2) is 44.8 Å². The molecule has 0 fully saturated rings. The standard InChI is InChI=1S/C16H32N2O/c1-3-5-15(7-10-17)6-4-11-18-12-8-16(9-13-18)14-19-2/h8,15H,3-7,9-14,17H2,1-2H3. The van der Waals surface area contributed by atoms with Gasteiger partial charge in [-0.25, -0.2) is 0 Å². The highest BCUT2D eigenvalue weighted by Crippen LogP contribution is 2.18. The molecule has 0 bridgehead atoms. The van der Waals surface area contributed by atoms with Crippen LogP contribution in [0.1, 0.15) is 45.4 Å². The molecular weight excluding hydrogens is 236 g/mol. The van der Waals surface area contributed by atoms with Gasteiger partial charge in [-0.05, 0) is 50.3 Å². The van der Waals surface area contributed by atoms with Crippen LogP contribution in [0.25, 0.3) is 0 Å². The molecule has 3 nitrogen and oxygen atoms in total. The van der Waals surface area contributed by atoms with Gasteiger partial charge in [-0.1, -0.05) is 25.8 Å². The molecule has 0 spiro atoms. The number of rotatable bonds is 10. The number of nitrogens with two attached hydrogens (primary N) is 1. The first-order valence-electron chi connectivity index (χ1n) is 7.89. The second-order valence-corrected chi connectivity index (χ2v) is 5.72. The average Bonchev–Trinajstić information content (AvgIpc) is 2.41. The van der Waals surface area contributed by atoms with E-state index in [0.29, 0.717) is 0 Å². The molecule has 0 aliphatic carbocycles. The maximum absolute atomic E-state index is 5.69. The summed E-state index contributed by atoms with van der Waals surface area (Å²) in [6.07, 6.45) is 10.0. The molecule has 0 aromatic rings. The van der Waals surface area contributed by atoms with Crippen LogP contribution in [0.2, 0.25) is 0 Å². The predicted molar refractivity (Wildman–Crippen MR) is 82.3 cm³/mol. The largest absolute Gasteiger partial charge is 0.380 e. The van der Waals surface area contributed by atoms with Gasteiger partial charge in [0.25, 0.3) is 0 Å². The Balaban J connectivity index is 2.15. The Morgan fingerprint density at radius 3 is 2.79 bits per heavy atom. The highest BCUT2D eigenvalue weighted by molar-refractivity contribution is 5.07. The van der Waals surface area contributed by atoms with Crippen LogP contribution in [-0.2, 0) is 4.74 Å². The Morgan fingerprint density at radius 1 is 1.37 bits per heavy atom. The molecule has 3 heteroatoms. The molecular formula is C16H32N2O. The lowest BCUT2D eigenvalue weighted by Crippen LogP contribution is -2.30. The molecule has 0 aromatic heterocycles. The van der Waals surface area contributed by atoms with E-state index >= 15 is 0 Å². The summed E-state index contributed by atoms with van der Waals surface area (Å²) in [4.78, 5) is 2.56. The van der Waals surface area contributed by atoms with Crippen LogP contribution in [0.5, 0.6) is 0 Å². The summed E-state index contributed by atoms with van der Waals surface area (Å²) in [5.74, 6) is 0.847. The fraction of sp³-hybridized carbons (Fsp3) is 0.875. The molecule has 1 aliphatic rings. The fourth-order valence-corrected chi connectivity index (χ4v) is 2.95. The summed E-state index contributed by atoms with van der Waals surface area (Å²) in [6.45, 7) is 7.47. The Bertz CT molecular complexity index is 247. The number of hydrogen-bond donors (Lipinski definition) is 1. The van der Waals surface area contributed by atoms with E-state index in [1.165, 1.54) is 57.2 Å². The van der Waals surface area contributed by atoms with Gasteiger partial charge in [0.2, 0.25) is 0 Å². The zero-order chi connectivity index (χ0) is 13.9. The second-order valence-electron chi connectivity index (χ2n) is 5.72. The predicted octanol–water partition coefficient (Wildman–Crippen LogP) is 2.81. The molecule has 1 aliphatic heterocycles. The van der Waals surface area contributed by atoms with E-state index in [-0.39, 0.29) is 0 Å². The van der Waals surface area contributed by atoms with Crippen molar-refractivity contribution < 1.29 is 4.74 Å². The number of ether oxygens (including phenoxy) is 1. The minimum absolute atomic E-state index is 0.808. The summed E-state index contributed by atoms with van der Waals surface area (Å²) in [7, 11) is 1.78. The topological polar surface area (TPSA) is 38.5 Å². The summed E-state index contributed by atoms with van der Waals surface area (Å²) in [5.41, 5.74) is 7.15. The molecule has 1 rings (SSSR count). The first-order valence-corrected chi connectivity index (χ1v) is 7.89. The highest BCUT2D eigenvalue weighted by Gasteiger charge is 2.12. The molecule has 0 aromatic carbocycles. The Kier molecular flexibility index (Phi) is 9.14. The van der Waals surface area contributed by atoms with Crippen molar-refractivity contribution in [2.45, 2.75) is 45.4 Å². The monoisotopic (exact) mass is 268 g/mol. The molecule has 2 N–H and O–H groups in total. The van der Waals surface area contributed by atoms with Crippen molar-refractivity contribution in [3.05, 3.63) is 11.6 Å². The van der Waals surface area contributed by atoms with Crippen molar-refractivity contribution in [2.75, 3.05) is 39.9 Å². The number of nitrogens with zero attached hydrogens (tertiary/aromatic N) is 1. The number of methoxy groups -OCH3 is 1. The third kappa shape index (κ3) is 7.09. The molecule has 0 radical (unpaired) electrons. The molecule has 112 valence electrons. The van der Waals surface area contributed by atoms with Crippen LogP contribution >= 0.6 is 0 Å². The van der Waals surface area contributed by atoms with E-state index in [1.807, 2.05) is 0 Å². The first kappa shape index (κ1) is 16.7. The summed E-state index contributed by atoms with van der Waals surface area (Å²) < 4.78 is 5.18. The average molecular weight is 268 g/mol. The molecule has 19 heavy (non-hydrogen) atoms. The summed E-state index contributed by atoms with van der Waals surface area (Å²) >= 11 is 0. The van der Waals surface area contributed by atoms with Crippen LogP contribution < -0.4 is 5.73 Å². The summed E-state index contributed by atoms with van der Waals surface area (Å²) in [6, 6.07) is 0. The van der Waals surface area contributed by atoms with Gasteiger partial charge < -0.3 is 10.5 Å². The third-order valence-electron chi connectivity index (χ3n) is 4.08. The smallest absolute Gasteiger partial charge is 0.0673 e. The van der Waals surface area contributed by atoms with E-state index in [2.05, 4.69) is 17.9 Å². The first-order chi connectivity index (χ1) is 9.30. The van der Waals surface area contributed by atoms with Gasteiger partial charge in [0, 0.05) is 20.2 Å². The molecule has 1 unspecified atom stereocenters. The van der Waals surface area contributed by atoms with Crippen LogP contribution in [0.15, 0.2) is 11.6 Å². The van der Waals surface area contributed by atoms with Gasteiger partial charge in [-0.2, -0.15) is 0 Å². The Hall–Kier alpha value is -0.380. The zero-order valence-corrected chi connectivity index (χ0v) is 12.9. The van der Waals surface area contributed by atoms with E-state index in [0.717, 1.165) is 25.6 Å². The molecule has 0 saturated carbocycles. The molecule has 0 saturated heterocycles. The van der Waals surface area contributed by atoms with Crippen LogP contribution in [0, 0.1) is 5.92 Å². The SMILES string of the molecule is CCCC(CCN)CCCN1CC=C(COC)CC1. The zero-order valence-electron chi connectivity index (χ0n) is 12.9. The fourth-order valence-electron chi connectivity index (χ4n) is 2.95. The molecule has 1 atom stereocenters. The third-order valence-corrected chi connectivity index (χ3v) is 4.08. The van der Waals surface area contributed by atoms with Gasteiger partial charge in [-0.15, -0.1) is 0 Å². The van der Waals surface area contributed by atoms with Crippen molar-refractivity contribution in [2.24, 2.45) is 11.7 Å². The lowest BCUT2D eigenvalue weighted by atomic mass is 9.94. The van der Waals surface area contributed by atoms with E-state index in [9.17, 15) is 0 Å². The van der Waals surface area contributed by atoms with Gasteiger partial charge in [-0.3, -0.25) is 4.90 Å². The van der Waals surface area contributed by atoms with E-state index in [4.69, 9.17) is 10.5 Å². The quantitative estimate of drug-likeness (QED) is 0.619. The number of hydrogen-bond acceptors (Lipinski definition) is 3. The lowest BCUT2D eigenvalue weighted by molar-refractivity contribution is 0.210. The van der Waals surface area contributed by atoms with Crippen LogP contribution in [0.4, 0.5) is 0 Å². The lowest BCUT2D eigenvalue weighted by Gasteiger charge is -2.26. The van der Waals surface area contributed by atoms with Gasteiger partial charge in [0.15, 0.2) is 0 Å². The van der Waals surface area contributed by atoms with Crippen molar-refractivity contribution in [1.82, 2.24) is 4.90 Å². The normalized spacial score (nSPS) is 18.4. The van der Waals surface area contributed by atoms with Gasteiger partial charge in [0.1, 0.15) is 0 Å². The van der Waals surface area contributed by atoms with E-state index < -0.39 is 0 Å².